The molecule has 170 valence electrons. The fourth-order valence-corrected chi connectivity index (χ4v) is 3.46. The molecule has 1 atom stereocenters. The second-order valence-corrected chi connectivity index (χ2v) is 9.10. The summed E-state index contributed by atoms with van der Waals surface area (Å²) in [4.78, 5) is 42.2. The topological polar surface area (TPSA) is 129 Å². The molecule has 3 rings (SSSR count). The van der Waals surface area contributed by atoms with Crippen LogP contribution < -0.4 is 21.5 Å². The first-order chi connectivity index (χ1) is 14.8. The van der Waals surface area contributed by atoms with E-state index in [0.717, 1.165) is 11.3 Å². The summed E-state index contributed by atoms with van der Waals surface area (Å²) in [5, 5.41) is 21.0. The van der Waals surface area contributed by atoms with Crippen molar-refractivity contribution in [2.75, 3.05) is 24.7 Å². The van der Waals surface area contributed by atoms with Crippen molar-refractivity contribution < 1.29 is 9.90 Å². The van der Waals surface area contributed by atoms with Crippen LogP contribution in [0.1, 0.15) is 48.6 Å². The van der Waals surface area contributed by atoms with Gasteiger partial charge in [-0.3, -0.25) is 19.1 Å². The lowest BCUT2D eigenvalue weighted by molar-refractivity contribution is 0.0819. The van der Waals surface area contributed by atoms with Gasteiger partial charge in [0.05, 0.1) is 17.4 Å². The van der Waals surface area contributed by atoms with Crippen LogP contribution in [0.5, 0.6) is 5.75 Å². The number of carbonyl (C=O) groups excluding carboxylic acids is 1. The molecule has 1 aromatic carbocycles. The van der Waals surface area contributed by atoms with Gasteiger partial charge >= 0.3 is 0 Å². The molecule has 0 bridgehead atoms. The zero-order valence-electron chi connectivity index (χ0n) is 19.3. The lowest BCUT2D eigenvalue weighted by atomic mass is 9.83. The number of anilines is 3. The predicted molar refractivity (Wildman–Crippen MR) is 122 cm³/mol. The molecular weight excluding hydrogens is 412 g/mol. The van der Waals surface area contributed by atoms with Gasteiger partial charge in [0.15, 0.2) is 11.4 Å². The molecule has 1 amide bonds. The van der Waals surface area contributed by atoms with Gasteiger partial charge in [-0.2, -0.15) is 5.10 Å². The number of nitrogens with zero attached hydrogens (tertiary/aromatic N) is 4. The molecule has 2 heterocycles. The molecule has 3 aromatic rings. The minimum atomic E-state index is -0.713. The van der Waals surface area contributed by atoms with E-state index in [1.165, 1.54) is 31.3 Å². The molecule has 32 heavy (non-hydrogen) atoms. The van der Waals surface area contributed by atoms with Crippen molar-refractivity contribution in [3.63, 3.8) is 0 Å². The normalized spacial score (nSPS) is 12.6. The second kappa shape index (κ2) is 8.10. The molecule has 10 heteroatoms. The molecule has 3 N–H and O–H groups in total. The summed E-state index contributed by atoms with van der Waals surface area (Å²) >= 11 is 0. The van der Waals surface area contributed by atoms with Gasteiger partial charge in [0.2, 0.25) is 0 Å². The van der Waals surface area contributed by atoms with E-state index in [-0.39, 0.29) is 34.2 Å². The average molecular weight is 441 g/mol. The Labute approximate surface area is 185 Å². The van der Waals surface area contributed by atoms with Crippen molar-refractivity contribution in [2.24, 2.45) is 12.5 Å². The van der Waals surface area contributed by atoms with E-state index in [0.29, 0.717) is 0 Å². The summed E-state index contributed by atoms with van der Waals surface area (Å²) in [5.74, 6) is -0.897. The fourth-order valence-electron chi connectivity index (χ4n) is 3.46. The third-order valence-corrected chi connectivity index (χ3v) is 5.18. The number of aryl methyl sites for hydroxylation is 2. The highest BCUT2D eigenvalue weighted by Gasteiger charge is 2.33. The Balaban J connectivity index is 1.99. The Bertz CT molecular complexity index is 1240. The van der Waals surface area contributed by atoms with Gasteiger partial charge < -0.3 is 20.6 Å². The molecule has 0 aliphatic rings. The lowest BCUT2D eigenvalue weighted by Crippen LogP contribution is -2.39. The van der Waals surface area contributed by atoms with Gasteiger partial charge in [-0.05, 0) is 24.0 Å². The van der Waals surface area contributed by atoms with Crippen molar-refractivity contribution >= 4 is 23.0 Å². The van der Waals surface area contributed by atoms with Crippen LogP contribution in [0.15, 0.2) is 28.0 Å². The molecule has 2 aromatic heterocycles. The highest BCUT2D eigenvalue weighted by Crippen LogP contribution is 2.38. The number of aromatic nitrogens is 3. The number of rotatable bonds is 6. The van der Waals surface area contributed by atoms with Gasteiger partial charge in [0.1, 0.15) is 11.4 Å². The standard InChI is InChI=1S/C22H28N6O4/c1-11-10-28(7)26-13(11)20(22(2,3)4)25-15-14(18(30)19(15)31)24-12-8-9-23-16(17(12)29)21(32)27(5)6/h8-10,20,25,29H,1-7H3,(H,23,24). The van der Waals surface area contributed by atoms with Crippen LogP contribution in [-0.2, 0) is 7.05 Å². The second-order valence-electron chi connectivity index (χ2n) is 9.10. The summed E-state index contributed by atoms with van der Waals surface area (Å²) in [5.41, 5.74) is 0.0746. The molecule has 0 saturated carbocycles. The van der Waals surface area contributed by atoms with Crippen LogP contribution in [-0.4, -0.2) is 44.8 Å². The van der Waals surface area contributed by atoms with Crippen LogP contribution in [0.4, 0.5) is 17.1 Å². The Hall–Kier alpha value is -3.69. The smallest absolute Gasteiger partial charge is 0.275 e. The molecule has 0 saturated heterocycles. The SMILES string of the molecule is Cc1cn(C)nc1C(Nc1c(Nc2ccnc(C(=O)N(C)C)c2O)c(=O)c1=O)C(C)(C)C. The number of hydrogen-bond acceptors (Lipinski definition) is 8. The minimum absolute atomic E-state index is 0.0163. The van der Waals surface area contributed by atoms with E-state index < -0.39 is 22.5 Å². The number of amides is 1. The number of hydrogen-bond donors (Lipinski definition) is 3. The van der Waals surface area contributed by atoms with E-state index >= 15 is 0 Å². The van der Waals surface area contributed by atoms with Crippen LogP contribution >= 0.6 is 0 Å². The summed E-state index contributed by atoms with van der Waals surface area (Å²) in [7, 11) is 4.89. The first-order valence-corrected chi connectivity index (χ1v) is 10.1. The first-order valence-electron chi connectivity index (χ1n) is 10.1. The lowest BCUT2D eigenvalue weighted by Gasteiger charge is -2.32. The Morgan fingerprint density at radius 3 is 2.34 bits per heavy atom. The largest absolute Gasteiger partial charge is 0.504 e. The third kappa shape index (κ3) is 4.08. The van der Waals surface area contributed by atoms with E-state index in [9.17, 15) is 19.5 Å². The van der Waals surface area contributed by atoms with Gasteiger partial charge in [0, 0.05) is 33.5 Å². The quantitative estimate of drug-likeness (QED) is 0.497. The van der Waals surface area contributed by atoms with Gasteiger partial charge in [-0.15, -0.1) is 0 Å². The molecule has 0 fully saturated rings. The van der Waals surface area contributed by atoms with Crippen molar-refractivity contribution in [3.8, 4) is 5.75 Å². The summed E-state index contributed by atoms with van der Waals surface area (Å²) in [6.45, 7) is 7.95. The third-order valence-electron chi connectivity index (χ3n) is 5.18. The first kappa shape index (κ1) is 23.0. The van der Waals surface area contributed by atoms with Crippen molar-refractivity contribution in [1.29, 1.82) is 0 Å². The number of aromatic hydroxyl groups is 1. The number of pyridine rings is 1. The monoisotopic (exact) mass is 440 g/mol. The van der Waals surface area contributed by atoms with Crippen molar-refractivity contribution in [1.82, 2.24) is 19.7 Å². The van der Waals surface area contributed by atoms with Gasteiger partial charge in [-0.25, -0.2) is 4.98 Å². The molecule has 10 nitrogen and oxygen atoms in total. The van der Waals surface area contributed by atoms with Crippen molar-refractivity contribution in [2.45, 2.75) is 33.7 Å². The molecule has 0 aliphatic carbocycles. The average Bonchev–Trinajstić information content (AvgIpc) is 3.03. The van der Waals surface area contributed by atoms with Crippen LogP contribution in [0, 0.1) is 12.3 Å². The summed E-state index contributed by atoms with van der Waals surface area (Å²) in [6, 6.07) is 1.07. The highest BCUT2D eigenvalue weighted by atomic mass is 16.3. The molecule has 0 radical (unpaired) electrons. The number of nitrogens with one attached hydrogen (secondary N) is 2. The maximum atomic E-state index is 12.4. The van der Waals surface area contributed by atoms with Crippen molar-refractivity contribution in [3.05, 3.63) is 55.9 Å². The maximum Gasteiger partial charge on any atom is 0.275 e. The Kier molecular flexibility index (Phi) is 5.82. The van der Waals surface area contributed by atoms with Gasteiger partial charge in [0.25, 0.3) is 16.8 Å². The maximum absolute atomic E-state index is 12.4. The zero-order chi connectivity index (χ0) is 24.0. The predicted octanol–water partition coefficient (Wildman–Crippen LogP) is 2.07. The van der Waals surface area contributed by atoms with Crippen LogP contribution in [0.3, 0.4) is 0 Å². The fraction of sp³-hybridized carbons (Fsp3) is 0.409. The molecule has 1 unspecified atom stereocenters. The molecular formula is C22H28N6O4. The minimum Gasteiger partial charge on any atom is -0.504 e. The molecule has 0 aliphatic heterocycles. The zero-order valence-corrected chi connectivity index (χ0v) is 19.3. The van der Waals surface area contributed by atoms with E-state index in [4.69, 9.17) is 0 Å². The van der Waals surface area contributed by atoms with E-state index in [2.05, 4.69) is 20.7 Å². The number of carbonyl (C=O) groups is 1. The van der Waals surface area contributed by atoms with E-state index in [1.807, 2.05) is 40.9 Å². The molecule has 0 spiro atoms. The van der Waals surface area contributed by atoms with Crippen LogP contribution in [0.25, 0.3) is 0 Å². The van der Waals surface area contributed by atoms with E-state index in [1.54, 1.807) is 4.68 Å². The summed E-state index contributed by atoms with van der Waals surface area (Å²) < 4.78 is 1.70. The van der Waals surface area contributed by atoms with Gasteiger partial charge in [-0.1, -0.05) is 20.8 Å². The highest BCUT2D eigenvalue weighted by molar-refractivity contribution is 5.97. The summed E-state index contributed by atoms with van der Waals surface area (Å²) in [6.07, 6.45) is 3.22. The Morgan fingerprint density at radius 2 is 1.81 bits per heavy atom. The Morgan fingerprint density at radius 1 is 1.19 bits per heavy atom. The van der Waals surface area contributed by atoms with Crippen LogP contribution in [0.2, 0.25) is 0 Å².